The third-order valence-electron chi connectivity index (χ3n) is 7.81. The molecule has 1 aliphatic rings. The molecule has 0 unspecified atom stereocenters. The lowest BCUT2D eigenvalue weighted by molar-refractivity contribution is -0.118. The van der Waals surface area contributed by atoms with E-state index in [1.165, 1.54) is 11.1 Å². The molecule has 42 heavy (non-hydrogen) atoms. The Bertz CT molecular complexity index is 1880. The lowest BCUT2D eigenvalue weighted by Gasteiger charge is -2.23. The predicted octanol–water partition coefficient (Wildman–Crippen LogP) is 7.57. The van der Waals surface area contributed by atoms with Gasteiger partial charge in [0.1, 0.15) is 11.6 Å². The Morgan fingerprint density at radius 2 is 1.81 bits per heavy atom. The molecule has 1 saturated carbocycles. The van der Waals surface area contributed by atoms with Crippen LogP contribution in [0.4, 0.5) is 5.69 Å². The lowest BCUT2D eigenvalue weighted by Crippen LogP contribution is -2.25. The molecular weight excluding hydrogens is 592 g/mol. The van der Waals surface area contributed by atoms with Gasteiger partial charge in [-0.05, 0) is 66.4 Å². The monoisotopic (exact) mass is 622 g/mol. The first-order valence-corrected chi connectivity index (χ1v) is 15.0. The number of benzene rings is 4. The van der Waals surface area contributed by atoms with Crippen molar-refractivity contribution in [1.82, 2.24) is 9.66 Å². The molecule has 1 fully saturated rings. The van der Waals surface area contributed by atoms with E-state index in [0.717, 1.165) is 52.2 Å². The number of amides is 1. The fourth-order valence-electron chi connectivity index (χ4n) is 5.60. The minimum atomic E-state index is -0.263. The normalized spacial score (nSPS) is 14.0. The number of fused-ring (bicyclic) bond motifs is 2. The quantitative estimate of drug-likeness (QED) is 0.190. The summed E-state index contributed by atoms with van der Waals surface area (Å²) in [7, 11) is 0. The number of nitrogens with zero attached hydrogens (tertiary/aromatic N) is 3. The number of rotatable bonds is 7. The van der Waals surface area contributed by atoms with Crippen LogP contribution < -0.4 is 15.6 Å². The Kier molecular flexibility index (Phi) is 8.15. The van der Waals surface area contributed by atoms with Crippen LogP contribution in [0.1, 0.15) is 55.0 Å². The van der Waals surface area contributed by atoms with E-state index in [-0.39, 0.29) is 24.0 Å². The summed E-state index contributed by atoms with van der Waals surface area (Å²) in [6.45, 7) is 1.77. The second-order valence-electron chi connectivity index (χ2n) is 10.7. The van der Waals surface area contributed by atoms with E-state index in [4.69, 9.17) is 14.8 Å². The van der Waals surface area contributed by atoms with E-state index in [2.05, 4.69) is 21.2 Å². The van der Waals surface area contributed by atoms with Gasteiger partial charge in [0, 0.05) is 21.6 Å². The van der Waals surface area contributed by atoms with Gasteiger partial charge in [0.2, 0.25) is 0 Å². The van der Waals surface area contributed by atoms with Crippen molar-refractivity contribution in [2.75, 3.05) is 11.9 Å². The molecule has 5 aromatic rings. The zero-order valence-electron chi connectivity index (χ0n) is 23.3. The smallest absolute Gasteiger partial charge is 0.282 e. The summed E-state index contributed by atoms with van der Waals surface area (Å²) in [6, 6.07) is 24.9. The second kappa shape index (κ2) is 12.3. The Morgan fingerprint density at radius 1 is 1.02 bits per heavy atom. The summed E-state index contributed by atoms with van der Waals surface area (Å²) in [5.41, 5.74) is 2.87. The minimum Gasteiger partial charge on any atom is -0.483 e. The van der Waals surface area contributed by atoms with Gasteiger partial charge in [-0.25, -0.2) is 4.98 Å². The van der Waals surface area contributed by atoms with Gasteiger partial charge in [0.15, 0.2) is 6.61 Å². The summed E-state index contributed by atoms with van der Waals surface area (Å²) in [5.74, 6) is 1.08. The highest BCUT2D eigenvalue weighted by Gasteiger charge is 2.23. The fourth-order valence-corrected chi connectivity index (χ4v) is 5.96. The fraction of sp³-hybridized carbons (Fsp3) is 0.235. The van der Waals surface area contributed by atoms with Gasteiger partial charge in [-0.3, -0.25) is 9.59 Å². The second-order valence-corrected chi connectivity index (χ2v) is 11.6. The molecule has 7 nitrogen and oxygen atoms in total. The van der Waals surface area contributed by atoms with Crippen LogP contribution in [0.2, 0.25) is 0 Å². The van der Waals surface area contributed by atoms with E-state index in [1.54, 1.807) is 12.3 Å². The van der Waals surface area contributed by atoms with Crippen LogP contribution in [0.15, 0.2) is 93.2 Å². The van der Waals surface area contributed by atoms with Crippen LogP contribution in [0.3, 0.4) is 0 Å². The molecule has 1 amide bonds. The molecule has 0 spiro atoms. The summed E-state index contributed by atoms with van der Waals surface area (Å²) in [6.07, 6.45) is 7.02. The van der Waals surface area contributed by atoms with Crippen LogP contribution >= 0.6 is 15.9 Å². The van der Waals surface area contributed by atoms with Gasteiger partial charge < -0.3 is 10.1 Å². The molecule has 6 rings (SSSR count). The zero-order valence-corrected chi connectivity index (χ0v) is 24.9. The molecule has 0 saturated heterocycles. The SMILES string of the molecule is Cc1ccccc1NC(=O)COc1ccc2ccccc2c1C=Nn1c(C2CCCCC2)nc2ccc(Br)cc2c1=O. The van der Waals surface area contributed by atoms with Gasteiger partial charge >= 0.3 is 0 Å². The lowest BCUT2D eigenvalue weighted by atomic mass is 9.88. The number of carbonyl (C=O) groups excluding carboxylic acids is 1. The third-order valence-corrected chi connectivity index (χ3v) is 8.31. The number of para-hydroxylation sites is 1. The maximum atomic E-state index is 13.8. The molecule has 4 aromatic carbocycles. The zero-order chi connectivity index (χ0) is 29.1. The van der Waals surface area contributed by atoms with Gasteiger partial charge in [-0.1, -0.05) is 83.7 Å². The number of ether oxygens (including phenoxy) is 1. The van der Waals surface area contributed by atoms with Gasteiger partial charge in [-0.15, -0.1) is 0 Å². The van der Waals surface area contributed by atoms with E-state index in [9.17, 15) is 9.59 Å². The minimum absolute atomic E-state index is 0.157. The maximum absolute atomic E-state index is 13.8. The first-order chi connectivity index (χ1) is 20.5. The highest BCUT2D eigenvalue weighted by molar-refractivity contribution is 9.10. The molecule has 1 aliphatic carbocycles. The molecular formula is C34H31BrN4O3. The maximum Gasteiger partial charge on any atom is 0.282 e. The Labute approximate surface area is 252 Å². The highest BCUT2D eigenvalue weighted by Crippen LogP contribution is 2.32. The standard InChI is InChI=1S/C34H31BrN4O3/c1-22-9-5-8-14-29(22)37-32(40)21-42-31-18-15-23-10-6-7-13-26(23)28(31)20-36-39-33(24-11-3-2-4-12-24)38-30-17-16-25(35)19-27(30)34(39)41/h5-10,13-20,24H,2-4,11-12,21H2,1H3,(H,37,40). The summed E-state index contributed by atoms with van der Waals surface area (Å²) in [5, 5.41) is 10.1. The first-order valence-electron chi connectivity index (χ1n) is 14.2. The number of anilines is 1. The average Bonchev–Trinajstić information content (AvgIpc) is 3.01. The number of aryl methyl sites for hydroxylation is 1. The molecule has 0 atom stereocenters. The number of nitrogens with one attached hydrogen (secondary N) is 1. The van der Waals surface area contributed by atoms with E-state index < -0.39 is 0 Å². The Balaban J connectivity index is 1.39. The molecule has 0 bridgehead atoms. The van der Waals surface area contributed by atoms with Crippen molar-refractivity contribution in [3.63, 3.8) is 0 Å². The highest BCUT2D eigenvalue weighted by atomic mass is 79.9. The Morgan fingerprint density at radius 3 is 2.64 bits per heavy atom. The average molecular weight is 624 g/mol. The van der Waals surface area contributed by atoms with Crippen LogP contribution in [-0.2, 0) is 4.79 Å². The van der Waals surface area contributed by atoms with Crippen molar-refractivity contribution < 1.29 is 9.53 Å². The van der Waals surface area contributed by atoms with Crippen molar-refractivity contribution >= 4 is 55.4 Å². The van der Waals surface area contributed by atoms with Crippen LogP contribution in [0, 0.1) is 6.92 Å². The number of hydrogen-bond acceptors (Lipinski definition) is 5. The molecule has 212 valence electrons. The van der Waals surface area contributed by atoms with Crippen LogP contribution in [-0.4, -0.2) is 28.4 Å². The van der Waals surface area contributed by atoms with Gasteiger partial charge in [0.05, 0.1) is 17.1 Å². The molecule has 1 heterocycles. The van der Waals surface area contributed by atoms with Crippen molar-refractivity contribution in [3.8, 4) is 5.75 Å². The summed E-state index contributed by atoms with van der Waals surface area (Å²) < 4.78 is 8.33. The largest absolute Gasteiger partial charge is 0.483 e. The molecule has 8 heteroatoms. The number of carbonyl (C=O) groups is 1. The molecule has 0 aliphatic heterocycles. The molecule has 0 radical (unpaired) electrons. The summed E-state index contributed by atoms with van der Waals surface area (Å²) in [4.78, 5) is 31.6. The number of hydrogen-bond donors (Lipinski definition) is 1. The number of aromatic nitrogens is 2. The van der Waals surface area contributed by atoms with E-state index in [1.807, 2.05) is 79.7 Å². The topological polar surface area (TPSA) is 85.6 Å². The number of halogens is 1. The van der Waals surface area contributed by atoms with Gasteiger partial charge in [0.25, 0.3) is 11.5 Å². The van der Waals surface area contributed by atoms with Crippen LogP contribution in [0.25, 0.3) is 21.7 Å². The van der Waals surface area contributed by atoms with Crippen molar-refractivity contribution in [2.24, 2.45) is 5.10 Å². The summed E-state index contributed by atoms with van der Waals surface area (Å²) >= 11 is 3.49. The van der Waals surface area contributed by atoms with Crippen LogP contribution in [0.5, 0.6) is 5.75 Å². The third kappa shape index (κ3) is 5.85. The van der Waals surface area contributed by atoms with E-state index >= 15 is 0 Å². The van der Waals surface area contributed by atoms with Crippen molar-refractivity contribution in [2.45, 2.75) is 44.9 Å². The predicted molar refractivity (Wildman–Crippen MR) is 172 cm³/mol. The first kappa shape index (κ1) is 27.8. The molecule has 1 N–H and O–H groups in total. The van der Waals surface area contributed by atoms with Gasteiger partial charge in [-0.2, -0.15) is 9.78 Å². The molecule has 1 aromatic heterocycles. The van der Waals surface area contributed by atoms with E-state index in [0.29, 0.717) is 28.0 Å². The van der Waals surface area contributed by atoms with Crippen molar-refractivity contribution in [1.29, 1.82) is 0 Å². The van der Waals surface area contributed by atoms with Crippen molar-refractivity contribution in [3.05, 3.63) is 111 Å². The Hall–Kier alpha value is -4.30.